The standard InChI is InChI=1S/C13H19ClN2O/c1-8-3-4-11(5-9(8)2)17-13-7-10(15)6-12(14)16-13/h6-9,11H,3-5H2,1-2H3,(H2,15,16). The molecule has 1 aromatic rings. The molecule has 0 spiro atoms. The van der Waals surface area contributed by atoms with E-state index in [1.165, 1.54) is 6.42 Å². The largest absolute Gasteiger partial charge is 0.474 e. The highest BCUT2D eigenvalue weighted by atomic mass is 35.5. The zero-order chi connectivity index (χ0) is 12.4. The number of hydrogen-bond acceptors (Lipinski definition) is 3. The molecule has 3 unspecified atom stereocenters. The van der Waals surface area contributed by atoms with Crippen molar-refractivity contribution in [2.45, 2.75) is 39.2 Å². The molecule has 1 fully saturated rings. The number of anilines is 1. The van der Waals surface area contributed by atoms with Crippen LogP contribution in [0.25, 0.3) is 0 Å². The summed E-state index contributed by atoms with van der Waals surface area (Å²) in [6, 6.07) is 3.36. The summed E-state index contributed by atoms with van der Waals surface area (Å²) in [5.41, 5.74) is 6.30. The second kappa shape index (κ2) is 5.13. The molecule has 3 nitrogen and oxygen atoms in total. The van der Waals surface area contributed by atoms with Crippen LogP contribution in [-0.2, 0) is 0 Å². The number of nitrogens with two attached hydrogens (primary N) is 1. The second-order valence-corrected chi connectivity index (χ2v) is 5.46. The summed E-state index contributed by atoms with van der Waals surface area (Å²) in [5.74, 6) is 2.03. The maximum absolute atomic E-state index is 5.86. The highest BCUT2D eigenvalue weighted by molar-refractivity contribution is 6.29. The van der Waals surface area contributed by atoms with Gasteiger partial charge in [0.2, 0.25) is 5.88 Å². The Hall–Kier alpha value is -0.960. The van der Waals surface area contributed by atoms with Gasteiger partial charge >= 0.3 is 0 Å². The van der Waals surface area contributed by atoms with Gasteiger partial charge in [-0.15, -0.1) is 0 Å². The Morgan fingerprint density at radius 3 is 2.71 bits per heavy atom. The third-order valence-corrected chi connectivity index (χ3v) is 3.82. The molecule has 2 rings (SSSR count). The van der Waals surface area contributed by atoms with Gasteiger partial charge in [0.1, 0.15) is 11.3 Å². The van der Waals surface area contributed by atoms with Crippen LogP contribution in [0.2, 0.25) is 5.15 Å². The van der Waals surface area contributed by atoms with Gasteiger partial charge in [0, 0.05) is 11.8 Å². The van der Waals surface area contributed by atoms with Crippen molar-refractivity contribution in [3.63, 3.8) is 0 Å². The van der Waals surface area contributed by atoms with E-state index in [-0.39, 0.29) is 6.10 Å². The molecule has 1 saturated carbocycles. The van der Waals surface area contributed by atoms with Crippen molar-refractivity contribution in [1.82, 2.24) is 4.98 Å². The average Bonchev–Trinajstić information content (AvgIpc) is 2.22. The molecule has 0 aromatic carbocycles. The molecule has 1 aliphatic carbocycles. The van der Waals surface area contributed by atoms with Crippen LogP contribution in [0.15, 0.2) is 12.1 Å². The maximum Gasteiger partial charge on any atom is 0.217 e. The zero-order valence-electron chi connectivity index (χ0n) is 10.3. The molecular weight excluding hydrogens is 236 g/mol. The van der Waals surface area contributed by atoms with Crippen LogP contribution in [-0.4, -0.2) is 11.1 Å². The summed E-state index contributed by atoms with van der Waals surface area (Å²) in [7, 11) is 0. The van der Waals surface area contributed by atoms with Gasteiger partial charge in [0.05, 0.1) is 0 Å². The second-order valence-electron chi connectivity index (χ2n) is 5.07. The molecule has 1 aliphatic rings. The Balaban J connectivity index is 2.01. The minimum atomic E-state index is 0.242. The van der Waals surface area contributed by atoms with Crippen LogP contribution >= 0.6 is 11.6 Å². The highest BCUT2D eigenvalue weighted by Crippen LogP contribution is 2.32. The number of nitrogens with zero attached hydrogens (tertiary/aromatic N) is 1. The number of halogens is 1. The zero-order valence-corrected chi connectivity index (χ0v) is 11.1. The van der Waals surface area contributed by atoms with E-state index in [0.717, 1.165) is 18.8 Å². The fraction of sp³-hybridized carbons (Fsp3) is 0.615. The van der Waals surface area contributed by atoms with Gasteiger partial charge in [0.15, 0.2) is 0 Å². The Kier molecular flexibility index (Phi) is 3.77. The molecule has 0 bridgehead atoms. The minimum Gasteiger partial charge on any atom is -0.474 e. The van der Waals surface area contributed by atoms with Crippen molar-refractivity contribution in [3.05, 3.63) is 17.3 Å². The average molecular weight is 255 g/mol. The summed E-state index contributed by atoms with van der Waals surface area (Å²) in [5, 5.41) is 0.386. The smallest absolute Gasteiger partial charge is 0.217 e. The third-order valence-electron chi connectivity index (χ3n) is 3.63. The fourth-order valence-electron chi connectivity index (χ4n) is 2.33. The predicted octanol–water partition coefficient (Wildman–Crippen LogP) is 3.52. The molecule has 2 N–H and O–H groups in total. The predicted molar refractivity (Wildman–Crippen MR) is 70.3 cm³/mol. The molecule has 0 radical (unpaired) electrons. The first-order valence-electron chi connectivity index (χ1n) is 6.14. The van der Waals surface area contributed by atoms with Crippen LogP contribution in [0.1, 0.15) is 33.1 Å². The summed E-state index contributed by atoms with van der Waals surface area (Å²) in [6.45, 7) is 4.58. The first-order valence-corrected chi connectivity index (χ1v) is 6.52. The van der Waals surface area contributed by atoms with Gasteiger partial charge in [-0.2, -0.15) is 0 Å². The van der Waals surface area contributed by atoms with Crippen molar-refractivity contribution >= 4 is 17.3 Å². The van der Waals surface area contributed by atoms with E-state index in [1.54, 1.807) is 12.1 Å². The first-order chi connectivity index (χ1) is 8.04. The third kappa shape index (κ3) is 3.25. The summed E-state index contributed by atoms with van der Waals surface area (Å²) < 4.78 is 5.86. The number of pyridine rings is 1. The van der Waals surface area contributed by atoms with Crippen LogP contribution in [0.5, 0.6) is 5.88 Å². The van der Waals surface area contributed by atoms with Crippen molar-refractivity contribution in [2.24, 2.45) is 11.8 Å². The number of hydrogen-bond donors (Lipinski definition) is 1. The summed E-state index contributed by atoms with van der Waals surface area (Å²) in [4.78, 5) is 4.14. The van der Waals surface area contributed by atoms with E-state index < -0.39 is 0 Å². The van der Waals surface area contributed by atoms with E-state index in [1.807, 2.05) is 0 Å². The van der Waals surface area contributed by atoms with Crippen molar-refractivity contribution in [2.75, 3.05) is 5.73 Å². The molecule has 0 amide bonds. The van der Waals surface area contributed by atoms with Crippen molar-refractivity contribution in [3.8, 4) is 5.88 Å². The van der Waals surface area contributed by atoms with Gasteiger partial charge in [0.25, 0.3) is 0 Å². The lowest BCUT2D eigenvalue weighted by Gasteiger charge is -2.31. The first kappa shape index (κ1) is 12.5. The summed E-state index contributed by atoms with van der Waals surface area (Å²) in [6.07, 6.45) is 3.61. The molecule has 4 heteroatoms. The summed E-state index contributed by atoms with van der Waals surface area (Å²) >= 11 is 5.85. The topological polar surface area (TPSA) is 48.1 Å². The maximum atomic E-state index is 5.86. The van der Waals surface area contributed by atoms with Gasteiger partial charge in [-0.25, -0.2) is 4.98 Å². The molecule has 1 aromatic heterocycles. The molecular formula is C13H19ClN2O. The lowest BCUT2D eigenvalue weighted by molar-refractivity contribution is 0.0965. The Morgan fingerprint density at radius 1 is 1.29 bits per heavy atom. The van der Waals surface area contributed by atoms with Crippen LogP contribution in [0.4, 0.5) is 5.69 Å². The van der Waals surface area contributed by atoms with E-state index in [2.05, 4.69) is 18.8 Å². The van der Waals surface area contributed by atoms with Crippen LogP contribution < -0.4 is 10.5 Å². The van der Waals surface area contributed by atoms with Gasteiger partial charge in [-0.05, 0) is 37.2 Å². The quantitative estimate of drug-likeness (QED) is 0.822. The van der Waals surface area contributed by atoms with E-state index in [9.17, 15) is 0 Å². The molecule has 0 saturated heterocycles. The number of aromatic nitrogens is 1. The minimum absolute atomic E-state index is 0.242. The number of ether oxygens (including phenoxy) is 1. The lowest BCUT2D eigenvalue weighted by Crippen LogP contribution is -2.29. The van der Waals surface area contributed by atoms with Gasteiger partial charge in [-0.1, -0.05) is 25.4 Å². The highest BCUT2D eigenvalue weighted by Gasteiger charge is 2.26. The Bertz CT molecular complexity index is 377. The van der Waals surface area contributed by atoms with E-state index in [4.69, 9.17) is 22.1 Å². The Labute approximate surface area is 107 Å². The fourth-order valence-corrected chi connectivity index (χ4v) is 2.54. The molecule has 17 heavy (non-hydrogen) atoms. The van der Waals surface area contributed by atoms with Crippen molar-refractivity contribution < 1.29 is 4.74 Å². The monoisotopic (exact) mass is 254 g/mol. The van der Waals surface area contributed by atoms with Crippen LogP contribution in [0.3, 0.4) is 0 Å². The SMILES string of the molecule is CC1CCC(Oc2cc(N)cc(Cl)n2)CC1C. The van der Waals surface area contributed by atoms with Gasteiger partial charge < -0.3 is 10.5 Å². The number of rotatable bonds is 2. The molecule has 1 heterocycles. The molecule has 0 aliphatic heterocycles. The Morgan fingerprint density at radius 2 is 2.06 bits per heavy atom. The molecule has 3 atom stereocenters. The molecule has 94 valence electrons. The number of nitrogen functional groups attached to an aromatic ring is 1. The van der Waals surface area contributed by atoms with E-state index >= 15 is 0 Å². The lowest BCUT2D eigenvalue weighted by atomic mass is 9.80. The van der Waals surface area contributed by atoms with Crippen LogP contribution in [0, 0.1) is 11.8 Å². The van der Waals surface area contributed by atoms with Gasteiger partial charge in [-0.3, -0.25) is 0 Å². The van der Waals surface area contributed by atoms with E-state index in [0.29, 0.717) is 22.6 Å². The normalized spacial score (nSPS) is 29.0. The van der Waals surface area contributed by atoms with Crippen molar-refractivity contribution in [1.29, 1.82) is 0 Å².